The van der Waals surface area contributed by atoms with Crippen LogP contribution in [-0.4, -0.2) is 29.8 Å². The van der Waals surface area contributed by atoms with E-state index in [0.29, 0.717) is 13.0 Å². The third-order valence-corrected chi connectivity index (χ3v) is 3.62. The van der Waals surface area contributed by atoms with Gasteiger partial charge in [0.05, 0.1) is 12.2 Å². The Morgan fingerprint density at radius 2 is 2.26 bits per heavy atom. The van der Waals surface area contributed by atoms with E-state index in [9.17, 15) is 9.90 Å². The smallest absolute Gasteiger partial charge is 0.326 e. The SMILES string of the molecule is CCC1CN(C(CC)C(=O)O)c2ccc(C)cc2O1. The molecule has 1 heterocycles. The van der Waals surface area contributed by atoms with E-state index in [1.165, 1.54) is 0 Å². The van der Waals surface area contributed by atoms with Gasteiger partial charge in [0.25, 0.3) is 0 Å². The largest absolute Gasteiger partial charge is 0.486 e. The van der Waals surface area contributed by atoms with Crippen LogP contribution in [0.15, 0.2) is 18.2 Å². The summed E-state index contributed by atoms with van der Waals surface area (Å²) >= 11 is 0. The van der Waals surface area contributed by atoms with Crippen LogP contribution in [0.4, 0.5) is 5.69 Å². The summed E-state index contributed by atoms with van der Waals surface area (Å²) in [7, 11) is 0. The maximum atomic E-state index is 11.4. The fraction of sp³-hybridized carbons (Fsp3) is 0.533. The number of carboxylic acids is 1. The van der Waals surface area contributed by atoms with Crippen LogP contribution in [0.5, 0.6) is 5.75 Å². The number of carboxylic acid groups (broad SMARTS) is 1. The Kier molecular flexibility index (Phi) is 3.98. The number of aryl methyl sites for hydroxylation is 1. The second kappa shape index (κ2) is 5.51. The van der Waals surface area contributed by atoms with Crippen molar-refractivity contribution in [3.63, 3.8) is 0 Å². The van der Waals surface area contributed by atoms with Gasteiger partial charge in [-0.3, -0.25) is 0 Å². The molecule has 2 rings (SSSR count). The molecule has 2 unspecified atom stereocenters. The molecule has 104 valence electrons. The minimum atomic E-state index is -0.772. The van der Waals surface area contributed by atoms with Crippen LogP contribution in [0.2, 0.25) is 0 Å². The minimum Gasteiger partial charge on any atom is -0.486 e. The molecule has 0 aromatic heterocycles. The van der Waals surface area contributed by atoms with E-state index in [1.54, 1.807) is 0 Å². The first-order chi connectivity index (χ1) is 9.06. The molecule has 2 atom stereocenters. The molecule has 0 radical (unpaired) electrons. The van der Waals surface area contributed by atoms with Crippen LogP contribution < -0.4 is 9.64 Å². The molecule has 1 aromatic rings. The van der Waals surface area contributed by atoms with E-state index in [4.69, 9.17) is 4.74 Å². The van der Waals surface area contributed by atoms with Gasteiger partial charge in [0, 0.05) is 0 Å². The monoisotopic (exact) mass is 263 g/mol. The van der Waals surface area contributed by atoms with Crippen LogP contribution >= 0.6 is 0 Å². The van der Waals surface area contributed by atoms with Gasteiger partial charge in [-0.05, 0) is 37.5 Å². The predicted molar refractivity (Wildman–Crippen MR) is 74.9 cm³/mol. The number of hydrogen-bond donors (Lipinski definition) is 1. The first-order valence-electron chi connectivity index (χ1n) is 6.83. The number of fused-ring (bicyclic) bond motifs is 1. The van der Waals surface area contributed by atoms with Gasteiger partial charge in [0.2, 0.25) is 0 Å². The highest BCUT2D eigenvalue weighted by atomic mass is 16.5. The van der Waals surface area contributed by atoms with Gasteiger partial charge in [0.15, 0.2) is 0 Å². The second-order valence-corrected chi connectivity index (χ2v) is 5.03. The van der Waals surface area contributed by atoms with Crippen LogP contribution in [-0.2, 0) is 4.79 Å². The molecule has 0 aliphatic carbocycles. The number of anilines is 1. The van der Waals surface area contributed by atoms with Gasteiger partial charge < -0.3 is 14.7 Å². The molecule has 1 aromatic carbocycles. The highest BCUT2D eigenvalue weighted by Crippen LogP contribution is 2.36. The molecule has 0 saturated carbocycles. The highest BCUT2D eigenvalue weighted by Gasteiger charge is 2.32. The van der Waals surface area contributed by atoms with E-state index in [2.05, 4.69) is 6.92 Å². The van der Waals surface area contributed by atoms with E-state index in [1.807, 2.05) is 36.9 Å². The maximum Gasteiger partial charge on any atom is 0.326 e. The highest BCUT2D eigenvalue weighted by molar-refractivity contribution is 5.79. The average Bonchev–Trinajstić information content (AvgIpc) is 2.38. The summed E-state index contributed by atoms with van der Waals surface area (Å²) in [5.74, 6) is 0.0311. The Morgan fingerprint density at radius 1 is 1.53 bits per heavy atom. The van der Waals surface area contributed by atoms with Crippen molar-refractivity contribution in [3.8, 4) is 5.75 Å². The molecule has 0 saturated heterocycles. The first kappa shape index (κ1) is 13.7. The van der Waals surface area contributed by atoms with Crippen molar-refractivity contribution >= 4 is 11.7 Å². The molecule has 4 nitrogen and oxygen atoms in total. The van der Waals surface area contributed by atoms with E-state index < -0.39 is 12.0 Å². The van der Waals surface area contributed by atoms with E-state index >= 15 is 0 Å². The molecule has 0 amide bonds. The minimum absolute atomic E-state index is 0.0581. The number of hydrogen-bond acceptors (Lipinski definition) is 3. The number of aliphatic carboxylic acids is 1. The molecule has 1 N–H and O–H groups in total. The normalized spacial score (nSPS) is 19.5. The van der Waals surface area contributed by atoms with Crippen molar-refractivity contribution in [1.82, 2.24) is 0 Å². The summed E-state index contributed by atoms with van der Waals surface area (Å²) in [4.78, 5) is 13.4. The van der Waals surface area contributed by atoms with Crippen molar-refractivity contribution in [2.24, 2.45) is 0 Å². The molecule has 1 aliphatic rings. The zero-order valence-electron chi connectivity index (χ0n) is 11.7. The third kappa shape index (κ3) is 2.67. The zero-order chi connectivity index (χ0) is 14.0. The number of nitrogens with zero attached hydrogens (tertiary/aromatic N) is 1. The van der Waals surface area contributed by atoms with Crippen LogP contribution in [0, 0.1) is 6.92 Å². The molecular weight excluding hydrogens is 242 g/mol. The van der Waals surface area contributed by atoms with Gasteiger partial charge in [-0.2, -0.15) is 0 Å². The Hall–Kier alpha value is -1.71. The maximum absolute atomic E-state index is 11.4. The first-order valence-corrected chi connectivity index (χ1v) is 6.83. The van der Waals surface area contributed by atoms with Crippen LogP contribution in [0.3, 0.4) is 0 Å². The molecule has 4 heteroatoms. The standard InChI is InChI=1S/C15H21NO3/c1-4-11-9-16(12(5-2)15(17)18)13-7-6-10(3)8-14(13)19-11/h6-8,11-12H,4-5,9H2,1-3H3,(H,17,18). The fourth-order valence-electron chi connectivity index (χ4n) is 2.52. The van der Waals surface area contributed by atoms with Crippen molar-refractivity contribution in [1.29, 1.82) is 0 Å². The quantitative estimate of drug-likeness (QED) is 0.907. The molecular formula is C15H21NO3. The lowest BCUT2D eigenvalue weighted by Gasteiger charge is -2.39. The summed E-state index contributed by atoms with van der Waals surface area (Å²) in [5.41, 5.74) is 2.02. The second-order valence-electron chi connectivity index (χ2n) is 5.03. The topological polar surface area (TPSA) is 49.8 Å². The summed E-state index contributed by atoms with van der Waals surface area (Å²) in [6.07, 6.45) is 1.52. The predicted octanol–water partition coefficient (Wildman–Crippen LogP) is 2.84. The molecule has 19 heavy (non-hydrogen) atoms. The van der Waals surface area contributed by atoms with Crippen molar-refractivity contribution in [3.05, 3.63) is 23.8 Å². The van der Waals surface area contributed by atoms with Gasteiger partial charge in [0.1, 0.15) is 17.9 Å². The van der Waals surface area contributed by atoms with Gasteiger partial charge in [-0.1, -0.05) is 19.9 Å². The molecule has 0 spiro atoms. The number of benzene rings is 1. The molecule has 0 bridgehead atoms. The van der Waals surface area contributed by atoms with Crippen molar-refractivity contribution in [2.75, 3.05) is 11.4 Å². The van der Waals surface area contributed by atoms with Gasteiger partial charge >= 0.3 is 5.97 Å². The van der Waals surface area contributed by atoms with Gasteiger partial charge in [-0.25, -0.2) is 4.79 Å². The lowest BCUT2D eigenvalue weighted by molar-refractivity contribution is -0.138. The zero-order valence-corrected chi connectivity index (χ0v) is 11.7. The Morgan fingerprint density at radius 3 is 2.84 bits per heavy atom. The Balaban J connectivity index is 2.41. The van der Waals surface area contributed by atoms with Crippen LogP contribution in [0.1, 0.15) is 32.3 Å². The lowest BCUT2D eigenvalue weighted by Crippen LogP contribution is -2.48. The lowest BCUT2D eigenvalue weighted by atomic mass is 10.1. The number of ether oxygens (including phenoxy) is 1. The van der Waals surface area contributed by atoms with Crippen LogP contribution in [0.25, 0.3) is 0 Å². The van der Waals surface area contributed by atoms with Gasteiger partial charge in [-0.15, -0.1) is 0 Å². The summed E-state index contributed by atoms with van der Waals surface area (Å²) in [6, 6.07) is 5.45. The van der Waals surface area contributed by atoms with Crippen molar-refractivity contribution < 1.29 is 14.6 Å². The molecule has 0 fully saturated rings. The fourth-order valence-corrected chi connectivity index (χ4v) is 2.52. The summed E-state index contributed by atoms with van der Waals surface area (Å²) < 4.78 is 5.93. The summed E-state index contributed by atoms with van der Waals surface area (Å²) in [5, 5.41) is 9.38. The number of carbonyl (C=O) groups is 1. The summed E-state index contributed by atoms with van der Waals surface area (Å²) in [6.45, 7) is 6.61. The number of rotatable bonds is 4. The van der Waals surface area contributed by atoms with E-state index in [-0.39, 0.29) is 6.10 Å². The van der Waals surface area contributed by atoms with Crippen molar-refractivity contribution in [2.45, 2.75) is 45.8 Å². The molecule has 1 aliphatic heterocycles. The average molecular weight is 263 g/mol. The third-order valence-electron chi connectivity index (χ3n) is 3.62. The Bertz CT molecular complexity index is 472. The van der Waals surface area contributed by atoms with E-state index in [0.717, 1.165) is 23.4 Å². The Labute approximate surface area is 114 Å².